The van der Waals surface area contributed by atoms with Crippen LogP contribution in [-0.4, -0.2) is 74.9 Å². The largest absolute Gasteiger partial charge is 0.378 e. The fraction of sp³-hybridized carbons (Fsp3) is 0.407. The molecular formula is C27H32N8O2. The molecule has 1 amide bonds. The molecule has 0 spiro atoms. The Morgan fingerprint density at radius 3 is 2.68 bits per heavy atom. The molecule has 0 bridgehead atoms. The number of aromatic amines is 1. The summed E-state index contributed by atoms with van der Waals surface area (Å²) in [6.45, 7) is 7.41. The van der Waals surface area contributed by atoms with E-state index >= 15 is 0 Å². The van der Waals surface area contributed by atoms with Gasteiger partial charge in [0, 0.05) is 36.8 Å². The Morgan fingerprint density at radius 2 is 1.92 bits per heavy atom. The maximum Gasteiger partial charge on any atom is 0.220 e. The van der Waals surface area contributed by atoms with Crippen LogP contribution >= 0.6 is 0 Å². The first-order valence-electron chi connectivity index (χ1n) is 12.9. The lowest BCUT2D eigenvalue weighted by Crippen LogP contribution is -2.38. The standard InChI is InChI=1S/C27H32N8O2/c1-18-3-2-4-20(15-18)21-7-10-35(32-21)24-16-22(34-11-13-37-14-12-34)25-27(31-24)30-23(29-25)17-33-8-5-19(6-9-33)26(28)36/h2-4,7,10,15-16,19H,5-6,8-9,11-14,17H2,1H3,(H2,28,36)(H,29,30,31). The van der Waals surface area contributed by atoms with Gasteiger partial charge in [0.1, 0.15) is 11.3 Å². The number of anilines is 1. The number of aromatic nitrogens is 5. The molecule has 6 rings (SSSR count). The normalized spacial score (nSPS) is 17.5. The Labute approximate surface area is 215 Å². The smallest absolute Gasteiger partial charge is 0.220 e. The quantitative estimate of drug-likeness (QED) is 0.418. The molecule has 0 atom stereocenters. The highest BCUT2D eigenvalue weighted by atomic mass is 16.5. The molecule has 10 heteroatoms. The van der Waals surface area contributed by atoms with Crippen molar-refractivity contribution in [2.24, 2.45) is 11.7 Å². The van der Waals surface area contributed by atoms with E-state index in [1.165, 1.54) is 5.56 Å². The van der Waals surface area contributed by atoms with E-state index in [9.17, 15) is 4.79 Å². The van der Waals surface area contributed by atoms with Crippen LogP contribution < -0.4 is 10.6 Å². The predicted octanol–water partition coefficient (Wildman–Crippen LogP) is 2.65. The number of hydrogen-bond donors (Lipinski definition) is 2. The first-order chi connectivity index (χ1) is 18.0. The molecule has 37 heavy (non-hydrogen) atoms. The van der Waals surface area contributed by atoms with Crippen molar-refractivity contribution >= 4 is 22.8 Å². The lowest BCUT2D eigenvalue weighted by Gasteiger charge is -2.29. The van der Waals surface area contributed by atoms with Gasteiger partial charge in [-0.05, 0) is 45.0 Å². The van der Waals surface area contributed by atoms with E-state index in [4.69, 9.17) is 25.5 Å². The second kappa shape index (κ2) is 9.95. The molecule has 4 aromatic rings. The molecular weight excluding hydrogens is 468 g/mol. The zero-order valence-electron chi connectivity index (χ0n) is 21.1. The van der Waals surface area contributed by atoms with Crippen molar-refractivity contribution in [2.75, 3.05) is 44.3 Å². The number of carbonyl (C=O) groups is 1. The molecule has 2 aliphatic rings. The van der Waals surface area contributed by atoms with Gasteiger partial charge in [0.05, 0.1) is 31.1 Å². The highest BCUT2D eigenvalue weighted by Crippen LogP contribution is 2.29. The summed E-state index contributed by atoms with van der Waals surface area (Å²) >= 11 is 0. The Balaban J connectivity index is 1.32. The van der Waals surface area contributed by atoms with Crippen molar-refractivity contribution < 1.29 is 9.53 Å². The summed E-state index contributed by atoms with van der Waals surface area (Å²) in [6.07, 6.45) is 3.53. The van der Waals surface area contributed by atoms with Gasteiger partial charge in [-0.25, -0.2) is 14.6 Å². The number of ether oxygens (including phenoxy) is 1. The number of primary amides is 1. The highest BCUT2D eigenvalue weighted by Gasteiger charge is 2.25. The summed E-state index contributed by atoms with van der Waals surface area (Å²) in [5, 5.41) is 4.83. The lowest BCUT2D eigenvalue weighted by atomic mass is 9.96. The summed E-state index contributed by atoms with van der Waals surface area (Å²) in [5.41, 5.74) is 11.3. The van der Waals surface area contributed by atoms with Crippen molar-refractivity contribution in [1.29, 1.82) is 0 Å². The zero-order valence-corrected chi connectivity index (χ0v) is 21.1. The number of nitrogens with one attached hydrogen (secondary N) is 1. The van der Waals surface area contributed by atoms with Crippen molar-refractivity contribution in [1.82, 2.24) is 29.6 Å². The number of nitrogens with two attached hydrogens (primary N) is 1. The number of amides is 1. The minimum Gasteiger partial charge on any atom is -0.378 e. The Bertz CT molecular complexity index is 1410. The number of aryl methyl sites for hydroxylation is 1. The number of imidazole rings is 1. The van der Waals surface area contributed by atoms with Gasteiger partial charge in [0.15, 0.2) is 11.5 Å². The van der Waals surface area contributed by atoms with Gasteiger partial charge in [-0.1, -0.05) is 23.8 Å². The number of piperidine rings is 1. The Kier molecular flexibility index (Phi) is 6.35. The summed E-state index contributed by atoms with van der Waals surface area (Å²) in [5.74, 6) is 1.38. The van der Waals surface area contributed by atoms with Gasteiger partial charge in [-0.15, -0.1) is 0 Å². The number of pyridine rings is 1. The SMILES string of the molecule is Cc1cccc(-c2ccn(-c3cc(N4CCOCC4)c4[nH]c(CN5CCC(C(N)=O)CC5)nc4n3)n2)c1. The Hall–Kier alpha value is -3.76. The first kappa shape index (κ1) is 23.6. The van der Waals surface area contributed by atoms with Crippen LogP contribution in [0.1, 0.15) is 24.2 Å². The zero-order chi connectivity index (χ0) is 25.4. The van der Waals surface area contributed by atoms with Crippen molar-refractivity contribution in [3.05, 3.63) is 54.0 Å². The minimum absolute atomic E-state index is 0.0252. The number of rotatable bonds is 6. The number of fused-ring (bicyclic) bond motifs is 1. The molecule has 2 saturated heterocycles. The molecule has 0 saturated carbocycles. The van der Waals surface area contributed by atoms with Crippen molar-refractivity contribution in [2.45, 2.75) is 26.3 Å². The van der Waals surface area contributed by atoms with Crippen LogP contribution in [0.25, 0.3) is 28.2 Å². The molecule has 3 N–H and O–H groups in total. The first-order valence-corrected chi connectivity index (χ1v) is 12.9. The summed E-state index contributed by atoms with van der Waals surface area (Å²) < 4.78 is 7.42. The second-order valence-electron chi connectivity index (χ2n) is 9.95. The van der Waals surface area contributed by atoms with Crippen LogP contribution in [0.3, 0.4) is 0 Å². The molecule has 1 aromatic carbocycles. The van der Waals surface area contributed by atoms with Gasteiger partial charge in [-0.3, -0.25) is 9.69 Å². The van der Waals surface area contributed by atoms with Crippen LogP contribution in [0.4, 0.5) is 5.69 Å². The third-order valence-corrected chi connectivity index (χ3v) is 7.33. The van der Waals surface area contributed by atoms with Crippen LogP contribution in [0, 0.1) is 12.8 Å². The number of likely N-dealkylation sites (tertiary alicyclic amines) is 1. The maximum atomic E-state index is 11.5. The van der Waals surface area contributed by atoms with E-state index in [0.29, 0.717) is 25.4 Å². The summed E-state index contributed by atoms with van der Waals surface area (Å²) in [7, 11) is 0. The number of nitrogens with zero attached hydrogens (tertiary/aromatic N) is 6. The average molecular weight is 501 g/mol. The van der Waals surface area contributed by atoms with Crippen LogP contribution in [0.5, 0.6) is 0 Å². The van der Waals surface area contributed by atoms with Gasteiger partial charge in [0.25, 0.3) is 0 Å². The predicted molar refractivity (Wildman–Crippen MR) is 141 cm³/mol. The van der Waals surface area contributed by atoms with Gasteiger partial charge in [0.2, 0.25) is 5.91 Å². The molecule has 0 aliphatic carbocycles. The monoisotopic (exact) mass is 500 g/mol. The molecule has 0 radical (unpaired) electrons. The molecule has 3 aromatic heterocycles. The van der Waals surface area contributed by atoms with Crippen LogP contribution in [-0.2, 0) is 16.1 Å². The van der Waals surface area contributed by atoms with Crippen molar-refractivity contribution in [3.63, 3.8) is 0 Å². The lowest BCUT2D eigenvalue weighted by molar-refractivity contribution is -0.123. The van der Waals surface area contributed by atoms with E-state index in [-0.39, 0.29) is 11.8 Å². The fourth-order valence-electron chi connectivity index (χ4n) is 5.25. The van der Waals surface area contributed by atoms with Gasteiger partial charge >= 0.3 is 0 Å². The third-order valence-electron chi connectivity index (χ3n) is 7.33. The van der Waals surface area contributed by atoms with E-state index < -0.39 is 0 Å². The van der Waals surface area contributed by atoms with E-state index in [0.717, 1.165) is 73.1 Å². The number of morpholine rings is 1. The van der Waals surface area contributed by atoms with Crippen LogP contribution in [0.15, 0.2) is 42.6 Å². The number of benzene rings is 1. The topological polar surface area (TPSA) is 118 Å². The number of hydrogen-bond acceptors (Lipinski definition) is 7. The van der Waals surface area contributed by atoms with Crippen LogP contribution in [0.2, 0.25) is 0 Å². The van der Waals surface area contributed by atoms with Gasteiger partial charge < -0.3 is 20.4 Å². The van der Waals surface area contributed by atoms with E-state index in [2.05, 4.69) is 46.0 Å². The second-order valence-corrected chi connectivity index (χ2v) is 9.95. The fourth-order valence-corrected chi connectivity index (χ4v) is 5.25. The third kappa shape index (κ3) is 4.94. The summed E-state index contributed by atoms with van der Waals surface area (Å²) in [4.78, 5) is 29.5. The number of carbonyl (C=O) groups excluding carboxylic acids is 1. The molecule has 10 nitrogen and oxygen atoms in total. The molecule has 2 aliphatic heterocycles. The number of H-pyrrole nitrogens is 1. The average Bonchev–Trinajstić information content (AvgIpc) is 3.56. The highest BCUT2D eigenvalue weighted by molar-refractivity contribution is 5.87. The van der Waals surface area contributed by atoms with E-state index in [1.807, 2.05) is 23.0 Å². The minimum atomic E-state index is -0.195. The maximum absolute atomic E-state index is 11.5. The van der Waals surface area contributed by atoms with Crippen molar-refractivity contribution in [3.8, 4) is 17.1 Å². The molecule has 5 heterocycles. The molecule has 192 valence electrons. The molecule has 0 unspecified atom stereocenters. The van der Waals surface area contributed by atoms with E-state index in [1.54, 1.807) is 0 Å². The molecule has 2 fully saturated rings. The summed E-state index contributed by atoms with van der Waals surface area (Å²) in [6, 6.07) is 12.4. The Morgan fingerprint density at radius 1 is 1.11 bits per heavy atom. The van der Waals surface area contributed by atoms with Gasteiger partial charge in [-0.2, -0.15) is 5.10 Å².